The lowest BCUT2D eigenvalue weighted by Crippen LogP contribution is -2.42. The summed E-state index contributed by atoms with van der Waals surface area (Å²) < 4.78 is 11.4. The molecule has 0 N–H and O–H groups in total. The third-order valence-electron chi connectivity index (χ3n) is 6.36. The molecule has 5 nitrogen and oxygen atoms in total. The highest BCUT2D eigenvalue weighted by Crippen LogP contribution is 2.38. The third kappa shape index (κ3) is 3.94. The molecule has 0 aromatic heterocycles. The molecule has 5 rings (SSSR count). The van der Waals surface area contributed by atoms with Gasteiger partial charge in [-0.25, -0.2) is 0 Å². The summed E-state index contributed by atoms with van der Waals surface area (Å²) in [6.07, 6.45) is 5.32. The molecule has 3 aliphatic rings. The lowest BCUT2D eigenvalue weighted by Gasteiger charge is -2.31. The fraction of sp³-hybridized carbons (Fsp3) is 0.400. The quantitative estimate of drug-likeness (QED) is 0.775. The normalized spacial score (nSPS) is 21.4. The molecule has 0 saturated carbocycles. The average molecular weight is 405 g/mol. The van der Waals surface area contributed by atoms with E-state index in [9.17, 15) is 4.79 Å². The second-order valence-electron chi connectivity index (χ2n) is 8.22. The third-order valence-corrected chi connectivity index (χ3v) is 6.36. The van der Waals surface area contributed by atoms with Gasteiger partial charge in [0, 0.05) is 19.1 Å². The first-order valence-corrected chi connectivity index (χ1v) is 10.9. The van der Waals surface area contributed by atoms with Crippen LogP contribution in [-0.4, -0.2) is 55.1 Å². The largest absolute Gasteiger partial charge is 0.486 e. The van der Waals surface area contributed by atoms with Crippen molar-refractivity contribution < 1.29 is 14.3 Å². The Morgan fingerprint density at radius 3 is 2.63 bits per heavy atom. The van der Waals surface area contributed by atoms with Crippen LogP contribution < -0.4 is 9.47 Å². The Morgan fingerprint density at radius 1 is 1.00 bits per heavy atom. The van der Waals surface area contributed by atoms with Crippen molar-refractivity contribution in [1.82, 2.24) is 9.80 Å². The molecule has 0 aliphatic carbocycles. The van der Waals surface area contributed by atoms with Crippen LogP contribution >= 0.6 is 0 Å². The molecule has 156 valence electrons. The van der Waals surface area contributed by atoms with Crippen LogP contribution in [0.2, 0.25) is 0 Å². The van der Waals surface area contributed by atoms with E-state index in [2.05, 4.69) is 47.4 Å². The Morgan fingerprint density at radius 2 is 1.83 bits per heavy atom. The summed E-state index contributed by atoms with van der Waals surface area (Å²) in [6.45, 7) is 4.13. The minimum Gasteiger partial charge on any atom is -0.486 e. The molecular weight excluding hydrogens is 376 g/mol. The maximum Gasteiger partial charge on any atom is 0.237 e. The van der Waals surface area contributed by atoms with Crippen molar-refractivity contribution in [2.45, 2.75) is 25.3 Å². The lowest BCUT2D eigenvalue weighted by atomic mass is 9.99. The maximum absolute atomic E-state index is 13.0. The summed E-state index contributed by atoms with van der Waals surface area (Å²) in [5.41, 5.74) is 3.83. The summed E-state index contributed by atoms with van der Waals surface area (Å²) in [5.74, 6) is 1.87. The first-order chi connectivity index (χ1) is 14.8. The second-order valence-corrected chi connectivity index (χ2v) is 8.22. The molecule has 1 fully saturated rings. The Balaban J connectivity index is 1.23. The van der Waals surface area contributed by atoms with Gasteiger partial charge in [0.2, 0.25) is 5.91 Å². The van der Waals surface area contributed by atoms with Gasteiger partial charge in [-0.3, -0.25) is 9.69 Å². The van der Waals surface area contributed by atoms with E-state index in [0.717, 1.165) is 43.9 Å². The molecule has 3 heterocycles. The first-order valence-electron chi connectivity index (χ1n) is 10.9. The monoisotopic (exact) mass is 404 g/mol. The molecule has 1 atom stereocenters. The number of nitrogens with zero attached hydrogens (tertiary/aromatic N) is 2. The molecule has 30 heavy (non-hydrogen) atoms. The zero-order valence-corrected chi connectivity index (χ0v) is 17.3. The highest BCUT2D eigenvalue weighted by Gasteiger charge is 2.30. The van der Waals surface area contributed by atoms with Crippen molar-refractivity contribution in [3.63, 3.8) is 0 Å². The van der Waals surface area contributed by atoms with E-state index >= 15 is 0 Å². The van der Waals surface area contributed by atoms with Crippen molar-refractivity contribution >= 4 is 11.5 Å². The van der Waals surface area contributed by atoms with Gasteiger partial charge in [0.05, 0.1) is 6.54 Å². The second kappa shape index (κ2) is 8.52. The van der Waals surface area contributed by atoms with Gasteiger partial charge in [-0.05, 0) is 54.6 Å². The number of carbonyl (C=O) groups excluding carboxylic acids is 1. The van der Waals surface area contributed by atoms with Crippen LogP contribution in [0, 0.1) is 0 Å². The van der Waals surface area contributed by atoms with Crippen LogP contribution in [-0.2, 0) is 4.79 Å². The van der Waals surface area contributed by atoms with Gasteiger partial charge >= 0.3 is 0 Å². The summed E-state index contributed by atoms with van der Waals surface area (Å²) in [4.78, 5) is 17.3. The molecule has 1 saturated heterocycles. The Bertz CT molecular complexity index is 941. The van der Waals surface area contributed by atoms with Crippen LogP contribution in [0.4, 0.5) is 0 Å². The van der Waals surface area contributed by atoms with E-state index in [4.69, 9.17) is 9.47 Å². The minimum absolute atomic E-state index is 0.225. The molecule has 0 unspecified atom stereocenters. The maximum atomic E-state index is 13.0. The molecule has 0 bridgehead atoms. The van der Waals surface area contributed by atoms with Crippen molar-refractivity contribution in [2.24, 2.45) is 0 Å². The highest BCUT2D eigenvalue weighted by molar-refractivity contribution is 5.80. The number of carbonyl (C=O) groups is 1. The Hall–Kier alpha value is -2.79. The van der Waals surface area contributed by atoms with E-state index in [1.165, 1.54) is 16.7 Å². The standard InChI is InChI=1S/C25H28N2O3/c28-25(26-13-10-20(11-14-26)19-5-2-1-3-6-19)18-27-12-4-7-22(27)21-8-9-23-24(17-21)30-16-15-29-23/h1-3,5-6,8-10,17,22H,4,7,11-16,18H2/t22-/m0/s1. The summed E-state index contributed by atoms with van der Waals surface area (Å²) in [6, 6.07) is 17.0. The zero-order valence-electron chi connectivity index (χ0n) is 17.3. The number of ether oxygens (including phenoxy) is 2. The minimum atomic E-state index is 0.225. The SMILES string of the molecule is O=C(CN1CCC[C@H]1c1ccc2c(c1)OCCO2)N1CC=C(c2ccccc2)CC1. The fourth-order valence-electron chi connectivity index (χ4n) is 4.74. The van der Waals surface area contributed by atoms with Crippen LogP contribution in [0.1, 0.15) is 36.4 Å². The number of fused-ring (bicyclic) bond motifs is 1. The average Bonchev–Trinajstić information content (AvgIpc) is 3.27. The summed E-state index contributed by atoms with van der Waals surface area (Å²) in [7, 11) is 0. The zero-order chi connectivity index (χ0) is 20.3. The molecule has 0 radical (unpaired) electrons. The van der Waals surface area contributed by atoms with Crippen LogP contribution in [0.5, 0.6) is 11.5 Å². The van der Waals surface area contributed by atoms with E-state index in [1.54, 1.807) is 0 Å². The molecular formula is C25H28N2O3. The van der Waals surface area contributed by atoms with Crippen molar-refractivity contribution in [3.8, 4) is 11.5 Å². The van der Waals surface area contributed by atoms with Gasteiger partial charge in [-0.2, -0.15) is 0 Å². The summed E-state index contributed by atoms with van der Waals surface area (Å²) in [5, 5.41) is 0. The van der Waals surface area contributed by atoms with Gasteiger partial charge in [-0.1, -0.05) is 42.5 Å². The number of benzene rings is 2. The lowest BCUT2D eigenvalue weighted by molar-refractivity contribution is -0.132. The number of hydrogen-bond acceptors (Lipinski definition) is 4. The summed E-state index contributed by atoms with van der Waals surface area (Å²) >= 11 is 0. The number of hydrogen-bond donors (Lipinski definition) is 0. The molecule has 5 heteroatoms. The van der Waals surface area contributed by atoms with Gasteiger partial charge in [0.15, 0.2) is 11.5 Å². The van der Waals surface area contributed by atoms with Gasteiger partial charge in [-0.15, -0.1) is 0 Å². The topological polar surface area (TPSA) is 42.0 Å². The molecule has 2 aromatic carbocycles. The molecule has 2 aromatic rings. The predicted octanol–water partition coefficient (Wildman–Crippen LogP) is 3.91. The predicted molar refractivity (Wildman–Crippen MR) is 117 cm³/mol. The van der Waals surface area contributed by atoms with Crippen molar-refractivity contribution in [2.75, 3.05) is 39.4 Å². The number of likely N-dealkylation sites (tertiary alicyclic amines) is 1. The van der Waals surface area contributed by atoms with E-state index in [1.807, 2.05) is 17.0 Å². The van der Waals surface area contributed by atoms with Crippen LogP contribution in [0.3, 0.4) is 0 Å². The Kier molecular flexibility index (Phi) is 5.45. The van der Waals surface area contributed by atoms with Crippen molar-refractivity contribution in [1.29, 1.82) is 0 Å². The van der Waals surface area contributed by atoms with Crippen LogP contribution in [0.15, 0.2) is 54.6 Å². The van der Waals surface area contributed by atoms with E-state index in [-0.39, 0.29) is 11.9 Å². The van der Waals surface area contributed by atoms with Gasteiger partial charge in [0.1, 0.15) is 13.2 Å². The van der Waals surface area contributed by atoms with Gasteiger partial charge in [0.25, 0.3) is 0 Å². The Labute approximate surface area is 177 Å². The first kappa shape index (κ1) is 19.2. The molecule has 1 amide bonds. The molecule has 0 spiro atoms. The van der Waals surface area contributed by atoms with E-state index < -0.39 is 0 Å². The molecule has 3 aliphatic heterocycles. The van der Waals surface area contributed by atoms with E-state index in [0.29, 0.717) is 26.3 Å². The number of rotatable bonds is 4. The smallest absolute Gasteiger partial charge is 0.237 e. The van der Waals surface area contributed by atoms with Crippen molar-refractivity contribution in [3.05, 3.63) is 65.7 Å². The highest BCUT2D eigenvalue weighted by atomic mass is 16.6. The van der Waals surface area contributed by atoms with Gasteiger partial charge < -0.3 is 14.4 Å². The fourth-order valence-corrected chi connectivity index (χ4v) is 4.74. The van der Waals surface area contributed by atoms with Crippen LogP contribution in [0.25, 0.3) is 5.57 Å². The number of amides is 1.